The number of aryl methyl sites for hydroxylation is 1. The van der Waals surface area contributed by atoms with Gasteiger partial charge in [0.15, 0.2) is 0 Å². The van der Waals surface area contributed by atoms with Crippen LogP contribution in [0.3, 0.4) is 0 Å². The minimum Gasteiger partial charge on any atom is -0.337 e. The predicted molar refractivity (Wildman–Crippen MR) is 132 cm³/mol. The number of amides is 2. The number of aromatic nitrogens is 4. The maximum absolute atomic E-state index is 12.9. The van der Waals surface area contributed by atoms with Crippen LogP contribution in [0.1, 0.15) is 41.5 Å². The van der Waals surface area contributed by atoms with E-state index in [-0.39, 0.29) is 17.8 Å². The molecule has 1 aliphatic rings. The highest BCUT2D eigenvalue weighted by molar-refractivity contribution is 6.01. The van der Waals surface area contributed by atoms with Crippen LogP contribution >= 0.6 is 0 Å². The van der Waals surface area contributed by atoms with Crippen LogP contribution in [-0.2, 0) is 4.79 Å². The molecular formula is C25H31N7O2. The van der Waals surface area contributed by atoms with Crippen LogP contribution in [0.2, 0.25) is 0 Å². The maximum Gasteiger partial charge on any atom is 0.295 e. The lowest BCUT2D eigenvalue weighted by atomic mass is 10.1. The fourth-order valence-electron chi connectivity index (χ4n) is 4.34. The van der Waals surface area contributed by atoms with Gasteiger partial charge in [-0.3, -0.25) is 14.9 Å². The summed E-state index contributed by atoms with van der Waals surface area (Å²) < 4.78 is 2.08. The van der Waals surface area contributed by atoms with Crippen molar-refractivity contribution in [3.8, 4) is 0 Å². The van der Waals surface area contributed by atoms with Crippen LogP contribution < -0.4 is 5.32 Å². The number of fused-ring (bicyclic) bond motifs is 1. The molecule has 4 rings (SSSR count). The second-order valence-electron chi connectivity index (χ2n) is 8.87. The monoisotopic (exact) mass is 461 g/mol. The number of anilines is 1. The summed E-state index contributed by atoms with van der Waals surface area (Å²) in [4.78, 5) is 42.6. The van der Waals surface area contributed by atoms with Gasteiger partial charge in [-0.15, -0.1) is 0 Å². The largest absolute Gasteiger partial charge is 0.337 e. The van der Waals surface area contributed by atoms with Gasteiger partial charge in [0.2, 0.25) is 17.7 Å². The first-order chi connectivity index (χ1) is 16.4. The zero-order valence-corrected chi connectivity index (χ0v) is 19.9. The molecule has 0 radical (unpaired) electrons. The molecule has 0 bridgehead atoms. The quantitative estimate of drug-likeness (QED) is 0.567. The number of benzene rings is 1. The van der Waals surface area contributed by atoms with Gasteiger partial charge < -0.3 is 14.4 Å². The number of hydrogen-bond donors (Lipinski definition) is 1. The Hall–Kier alpha value is -3.59. The molecule has 1 aliphatic heterocycles. The first kappa shape index (κ1) is 23.6. The van der Waals surface area contributed by atoms with Crippen LogP contribution in [0, 0.1) is 6.92 Å². The number of nitrogens with zero attached hydrogens (tertiary/aromatic N) is 6. The topological polar surface area (TPSA) is 96.3 Å². The smallest absolute Gasteiger partial charge is 0.295 e. The normalized spacial score (nSPS) is 16.8. The van der Waals surface area contributed by atoms with Crippen molar-refractivity contribution in [1.82, 2.24) is 29.3 Å². The van der Waals surface area contributed by atoms with Crippen LogP contribution in [0.5, 0.6) is 0 Å². The maximum atomic E-state index is 12.9. The van der Waals surface area contributed by atoms with E-state index >= 15 is 0 Å². The Labute approximate surface area is 199 Å². The van der Waals surface area contributed by atoms with Gasteiger partial charge in [0.1, 0.15) is 0 Å². The van der Waals surface area contributed by atoms with E-state index in [1.54, 1.807) is 12.1 Å². The van der Waals surface area contributed by atoms with Gasteiger partial charge in [-0.25, -0.2) is 15.0 Å². The third-order valence-electron chi connectivity index (χ3n) is 5.96. The highest BCUT2D eigenvalue weighted by Crippen LogP contribution is 2.32. The molecule has 2 amide bonds. The lowest BCUT2D eigenvalue weighted by Gasteiger charge is -2.26. The van der Waals surface area contributed by atoms with Gasteiger partial charge in [-0.1, -0.05) is 18.2 Å². The lowest BCUT2D eigenvalue weighted by molar-refractivity contribution is -0.126. The van der Waals surface area contributed by atoms with Crippen molar-refractivity contribution in [2.24, 2.45) is 0 Å². The first-order valence-electron chi connectivity index (χ1n) is 11.6. The van der Waals surface area contributed by atoms with Gasteiger partial charge in [0.25, 0.3) is 5.91 Å². The number of rotatable bonds is 6. The lowest BCUT2D eigenvalue weighted by Crippen LogP contribution is -2.35. The summed E-state index contributed by atoms with van der Waals surface area (Å²) in [6.07, 6.45) is 9.43. The molecule has 1 fully saturated rings. The predicted octanol–water partition coefficient (Wildman–Crippen LogP) is 3.06. The van der Waals surface area contributed by atoms with Crippen molar-refractivity contribution in [1.29, 1.82) is 0 Å². The third-order valence-corrected chi connectivity index (χ3v) is 5.96. The fraction of sp³-hybridized carbons (Fsp3) is 0.400. The summed E-state index contributed by atoms with van der Waals surface area (Å²) in [7, 11) is 3.94. The van der Waals surface area contributed by atoms with Gasteiger partial charge >= 0.3 is 0 Å². The van der Waals surface area contributed by atoms with Gasteiger partial charge in [-0.05, 0) is 58.0 Å². The molecule has 9 nitrogen and oxygen atoms in total. The molecule has 0 saturated carbocycles. The standard InChI is InChI=1S/C25H31N7O2/c1-18-9-6-11-20-22(18)32(25(28-20)29-24(34)23-26-13-8-14-27-23)19-10-4-5-16-31(17-19)21(33)12-7-15-30(2)3/h6-9,11-14,19H,4-5,10,15-17H2,1-3H3,(H,28,29,34)/b12-7+. The summed E-state index contributed by atoms with van der Waals surface area (Å²) >= 11 is 0. The Morgan fingerprint density at radius 1 is 1.18 bits per heavy atom. The van der Waals surface area contributed by atoms with Crippen LogP contribution in [0.4, 0.5) is 5.95 Å². The third kappa shape index (κ3) is 5.31. The number of likely N-dealkylation sites (N-methyl/N-ethyl adjacent to an activating group) is 1. The summed E-state index contributed by atoms with van der Waals surface area (Å²) in [6.45, 7) is 4.02. The molecule has 1 N–H and O–H groups in total. The average Bonchev–Trinajstić information content (AvgIpc) is 3.01. The van der Waals surface area contributed by atoms with E-state index in [4.69, 9.17) is 4.98 Å². The van der Waals surface area contributed by atoms with E-state index in [0.29, 0.717) is 25.6 Å². The van der Waals surface area contributed by atoms with E-state index in [9.17, 15) is 9.59 Å². The van der Waals surface area contributed by atoms with E-state index in [0.717, 1.165) is 35.9 Å². The summed E-state index contributed by atoms with van der Waals surface area (Å²) in [5.41, 5.74) is 2.83. The number of carbonyl (C=O) groups is 2. The van der Waals surface area contributed by atoms with E-state index in [1.807, 2.05) is 55.1 Å². The minimum absolute atomic E-state index is 0.0122. The Bertz CT molecular complexity index is 1190. The number of carbonyl (C=O) groups excluding carboxylic acids is 2. The number of imidazole rings is 1. The molecule has 34 heavy (non-hydrogen) atoms. The Balaban J connectivity index is 1.67. The molecule has 0 aliphatic carbocycles. The van der Waals surface area contributed by atoms with Crippen LogP contribution in [0.25, 0.3) is 11.0 Å². The molecule has 1 aromatic carbocycles. The number of para-hydroxylation sites is 1. The van der Waals surface area contributed by atoms with Crippen LogP contribution in [-0.4, -0.2) is 74.9 Å². The Morgan fingerprint density at radius 3 is 2.74 bits per heavy atom. The van der Waals surface area contributed by atoms with Gasteiger partial charge in [0.05, 0.1) is 17.1 Å². The zero-order chi connectivity index (χ0) is 24.1. The van der Waals surface area contributed by atoms with E-state index in [2.05, 4.69) is 19.9 Å². The number of nitrogens with one attached hydrogen (secondary N) is 1. The highest BCUT2D eigenvalue weighted by Gasteiger charge is 2.27. The average molecular weight is 462 g/mol. The second-order valence-corrected chi connectivity index (χ2v) is 8.87. The molecule has 3 aromatic rings. The van der Waals surface area contributed by atoms with Gasteiger partial charge in [-0.2, -0.15) is 0 Å². The van der Waals surface area contributed by atoms with Crippen molar-refractivity contribution >= 4 is 28.8 Å². The molecule has 0 spiro atoms. The highest BCUT2D eigenvalue weighted by atomic mass is 16.2. The van der Waals surface area contributed by atoms with Crippen molar-refractivity contribution in [2.45, 2.75) is 32.2 Å². The minimum atomic E-state index is -0.414. The summed E-state index contributed by atoms with van der Waals surface area (Å²) in [5.74, 6) is 0.131. The van der Waals surface area contributed by atoms with Crippen LogP contribution in [0.15, 0.2) is 48.8 Å². The SMILES string of the molecule is Cc1cccc2nc(NC(=O)c3ncccn3)n(C3CCCCN(C(=O)/C=C/CN(C)C)C3)c12. The molecular weight excluding hydrogens is 430 g/mol. The van der Waals surface area contributed by atoms with Crippen molar-refractivity contribution in [2.75, 3.05) is 39.0 Å². The molecule has 1 atom stereocenters. The van der Waals surface area contributed by atoms with Crippen molar-refractivity contribution in [3.63, 3.8) is 0 Å². The molecule has 2 aromatic heterocycles. The fourth-order valence-corrected chi connectivity index (χ4v) is 4.34. The zero-order valence-electron chi connectivity index (χ0n) is 19.9. The van der Waals surface area contributed by atoms with Crippen molar-refractivity contribution < 1.29 is 9.59 Å². The summed E-state index contributed by atoms with van der Waals surface area (Å²) in [6, 6.07) is 7.58. The Kier molecular flexibility index (Phi) is 7.32. The van der Waals surface area contributed by atoms with Crippen molar-refractivity contribution in [3.05, 3.63) is 60.2 Å². The molecule has 9 heteroatoms. The molecule has 178 valence electrons. The van der Waals surface area contributed by atoms with E-state index in [1.165, 1.54) is 12.4 Å². The molecule has 1 saturated heterocycles. The summed E-state index contributed by atoms with van der Waals surface area (Å²) in [5, 5.41) is 2.92. The second kappa shape index (κ2) is 10.6. The van der Waals surface area contributed by atoms with E-state index < -0.39 is 5.91 Å². The number of hydrogen-bond acceptors (Lipinski definition) is 6. The number of likely N-dealkylation sites (tertiary alicyclic amines) is 1. The first-order valence-corrected chi connectivity index (χ1v) is 11.6. The molecule has 1 unspecified atom stereocenters. The van der Waals surface area contributed by atoms with Gasteiger partial charge in [0, 0.05) is 38.1 Å². The molecule has 3 heterocycles. The Morgan fingerprint density at radius 2 is 1.97 bits per heavy atom.